The summed E-state index contributed by atoms with van der Waals surface area (Å²) in [5.41, 5.74) is 6.32. The predicted molar refractivity (Wildman–Crippen MR) is 81.8 cm³/mol. The fraction of sp³-hybridized carbons (Fsp3) is 0.467. The van der Waals surface area contributed by atoms with Crippen molar-refractivity contribution in [2.45, 2.75) is 25.3 Å². The molecule has 0 amide bonds. The average Bonchev–Trinajstić information content (AvgIpc) is 2.43. The molecule has 0 radical (unpaired) electrons. The lowest BCUT2D eigenvalue weighted by Gasteiger charge is -2.15. The molecule has 0 aromatic heterocycles. The Morgan fingerprint density at radius 2 is 2.14 bits per heavy atom. The summed E-state index contributed by atoms with van der Waals surface area (Å²) in [5, 5.41) is 9.22. The molecule has 0 aliphatic carbocycles. The van der Waals surface area contributed by atoms with E-state index in [1.807, 2.05) is 6.26 Å². The molecule has 1 unspecified atom stereocenters. The van der Waals surface area contributed by atoms with Crippen molar-refractivity contribution in [3.05, 3.63) is 35.6 Å². The van der Waals surface area contributed by atoms with E-state index in [9.17, 15) is 19.1 Å². The zero-order valence-corrected chi connectivity index (χ0v) is 12.7. The molecule has 2 atom stereocenters. The zero-order chi connectivity index (χ0) is 15.8. The third kappa shape index (κ3) is 6.27. The first-order valence-corrected chi connectivity index (χ1v) is 8.08. The molecule has 1 aromatic carbocycles. The molecule has 21 heavy (non-hydrogen) atoms. The first-order chi connectivity index (χ1) is 9.93. The second kappa shape index (κ2) is 8.79. The van der Waals surface area contributed by atoms with Gasteiger partial charge in [-0.3, -0.25) is 9.59 Å². The Bertz CT molecular complexity index is 496. The number of ketones is 1. The van der Waals surface area contributed by atoms with Crippen LogP contribution in [-0.4, -0.2) is 34.9 Å². The second-order valence-corrected chi connectivity index (χ2v) is 5.91. The van der Waals surface area contributed by atoms with Crippen molar-refractivity contribution in [1.82, 2.24) is 0 Å². The van der Waals surface area contributed by atoms with Gasteiger partial charge in [-0.2, -0.15) is 11.8 Å². The van der Waals surface area contributed by atoms with E-state index in [4.69, 9.17) is 5.73 Å². The normalized spacial score (nSPS) is 13.7. The van der Waals surface area contributed by atoms with E-state index in [1.54, 1.807) is 17.8 Å². The number of nitrogens with two attached hydrogens (primary N) is 1. The van der Waals surface area contributed by atoms with Crippen molar-refractivity contribution in [2.24, 2.45) is 11.7 Å². The number of carbonyl (C=O) groups excluding carboxylic acids is 1. The van der Waals surface area contributed by atoms with Crippen LogP contribution in [0.5, 0.6) is 0 Å². The van der Waals surface area contributed by atoms with Gasteiger partial charge in [0.1, 0.15) is 11.6 Å². The van der Waals surface area contributed by atoms with Crippen LogP contribution in [0.15, 0.2) is 24.3 Å². The Morgan fingerprint density at radius 1 is 1.43 bits per heavy atom. The van der Waals surface area contributed by atoms with E-state index in [0.29, 0.717) is 12.0 Å². The lowest BCUT2D eigenvalue weighted by atomic mass is 9.92. The molecule has 116 valence electrons. The Kier molecular flexibility index (Phi) is 7.39. The summed E-state index contributed by atoms with van der Waals surface area (Å²) in [6.45, 7) is 0. The Labute approximate surface area is 127 Å². The fourth-order valence-electron chi connectivity index (χ4n) is 2.00. The lowest BCUT2D eigenvalue weighted by molar-refractivity contribution is -0.143. The van der Waals surface area contributed by atoms with Crippen LogP contribution >= 0.6 is 11.8 Å². The standard InChI is InChI=1S/C15H20FNO3S/c1-21-6-5-13(17)14(18)9-11(15(19)20)7-10-3-2-4-12(16)8-10/h2-4,8,11,13H,5-7,9,17H2,1H3,(H,19,20)/t11?,13-/m0/s1. The van der Waals surface area contributed by atoms with Gasteiger partial charge in [-0.15, -0.1) is 0 Å². The van der Waals surface area contributed by atoms with Crippen molar-refractivity contribution >= 4 is 23.5 Å². The van der Waals surface area contributed by atoms with Gasteiger partial charge in [0.15, 0.2) is 0 Å². The highest BCUT2D eigenvalue weighted by atomic mass is 32.2. The third-order valence-corrected chi connectivity index (χ3v) is 3.86. The Morgan fingerprint density at radius 3 is 2.71 bits per heavy atom. The molecule has 1 rings (SSSR count). The van der Waals surface area contributed by atoms with Gasteiger partial charge in [-0.25, -0.2) is 4.39 Å². The molecule has 0 bridgehead atoms. The zero-order valence-electron chi connectivity index (χ0n) is 11.9. The molecule has 6 heteroatoms. The van der Waals surface area contributed by atoms with Crippen molar-refractivity contribution in [3.63, 3.8) is 0 Å². The average molecular weight is 313 g/mol. The minimum atomic E-state index is -1.07. The summed E-state index contributed by atoms with van der Waals surface area (Å²) in [7, 11) is 0. The van der Waals surface area contributed by atoms with E-state index in [1.165, 1.54) is 18.2 Å². The van der Waals surface area contributed by atoms with Gasteiger partial charge in [0.05, 0.1) is 12.0 Å². The first-order valence-electron chi connectivity index (χ1n) is 6.68. The van der Waals surface area contributed by atoms with Gasteiger partial charge in [0.25, 0.3) is 0 Å². The van der Waals surface area contributed by atoms with Crippen LogP contribution in [-0.2, 0) is 16.0 Å². The summed E-state index contributed by atoms with van der Waals surface area (Å²) in [4.78, 5) is 23.2. The molecule has 0 saturated heterocycles. The maximum Gasteiger partial charge on any atom is 0.307 e. The number of Topliss-reactive ketones (excluding diaryl/α,β-unsaturated/α-hetero) is 1. The SMILES string of the molecule is CSCC[C@H](N)C(=O)CC(Cc1cccc(F)c1)C(=O)O. The molecule has 0 aliphatic rings. The molecule has 0 heterocycles. The van der Waals surface area contributed by atoms with Crippen LogP contribution in [0.4, 0.5) is 4.39 Å². The van der Waals surface area contributed by atoms with Crippen LogP contribution in [0.25, 0.3) is 0 Å². The summed E-state index contributed by atoms with van der Waals surface area (Å²) in [5.74, 6) is -1.86. The summed E-state index contributed by atoms with van der Waals surface area (Å²) < 4.78 is 13.1. The number of benzene rings is 1. The van der Waals surface area contributed by atoms with E-state index < -0.39 is 23.7 Å². The van der Waals surface area contributed by atoms with Crippen molar-refractivity contribution in [3.8, 4) is 0 Å². The first kappa shape index (κ1) is 17.7. The quantitative estimate of drug-likeness (QED) is 0.730. The number of aliphatic carboxylic acids is 1. The molecule has 0 saturated carbocycles. The molecule has 1 aromatic rings. The van der Waals surface area contributed by atoms with Crippen molar-refractivity contribution < 1.29 is 19.1 Å². The highest BCUT2D eigenvalue weighted by Gasteiger charge is 2.24. The molecule has 0 aliphatic heterocycles. The summed E-state index contributed by atoms with van der Waals surface area (Å²) in [6, 6.07) is 5.12. The largest absolute Gasteiger partial charge is 0.481 e. The van der Waals surface area contributed by atoms with E-state index in [2.05, 4.69) is 0 Å². The molecule has 0 fully saturated rings. The number of halogens is 1. The molecule has 4 nitrogen and oxygen atoms in total. The molecule has 3 N–H and O–H groups in total. The lowest BCUT2D eigenvalue weighted by Crippen LogP contribution is -2.34. The minimum absolute atomic E-state index is 0.119. The predicted octanol–water partition coefficient (Wildman–Crippen LogP) is 2.11. The monoisotopic (exact) mass is 313 g/mol. The van der Waals surface area contributed by atoms with Crippen LogP contribution in [0, 0.1) is 11.7 Å². The van der Waals surface area contributed by atoms with E-state index in [-0.39, 0.29) is 18.6 Å². The van der Waals surface area contributed by atoms with E-state index >= 15 is 0 Å². The van der Waals surface area contributed by atoms with Gasteiger partial charge < -0.3 is 10.8 Å². The number of rotatable bonds is 9. The highest BCUT2D eigenvalue weighted by Crippen LogP contribution is 2.16. The van der Waals surface area contributed by atoms with Crippen LogP contribution < -0.4 is 5.73 Å². The highest BCUT2D eigenvalue weighted by molar-refractivity contribution is 7.98. The van der Waals surface area contributed by atoms with E-state index in [0.717, 1.165) is 5.75 Å². The Balaban J connectivity index is 2.65. The van der Waals surface area contributed by atoms with Gasteiger partial charge in [-0.05, 0) is 42.5 Å². The smallest absolute Gasteiger partial charge is 0.307 e. The van der Waals surface area contributed by atoms with Gasteiger partial charge in [-0.1, -0.05) is 12.1 Å². The number of carboxylic acid groups (broad SMARTS) is 1. The summed E-state index contributed by atoms with van der Waals surface area (Å²) in [6.07, 6.45) is 2.45. The maximum atomic E-state index is 13.1. The molecular weight excluding hydrogens is 293 g/mol. The maximum absolute atomic E-state index is 13.1. The fourth-order valence-corrected chi connectivity index (χ4v) is 2.48. The number of hydrogen-bond donors (Lipinski definition) is 2. The number of carboxylic acids is 1. The third-order valence-electron chi connectivity index (χ3n) is 3.21. The van der Waals surface area contributed by atoms with Crippen LogP contribution in [0.3, 0.4) is 0 Å². The van der Waals surface area contributed by atoms with Crippen LogP contribution in [0.2, 0.25) is 0 Å². The van der Waals surface area contributed by atoms with Gasteiger partial charge in [0.2, 0.25) is 0 Å². The van der Waals surface area contributed by atoms with Crippen molar-refractivity contribution in [1.29, 1.82) is 0 Å². The molecular formula is C15H20FNO3S. The molecule has 0 spiro atoms. The van der Waals surface area contributed by atoms with Crippen LogP contribution in [0.1, 0.15) is 18.4 Å². The second-order valence-electron chi connectivity index (χ2n) is 4.93. The number of hydrogen-bond acceptors (Lipinski definition) is 4. The summed E-state index contributed by atoms with van der Waals surface area (Å²) >= 11 is 1.59. The van der Waals surface area contributed by atoms with Crippen molar-refractivity contribution in [2.75, 3.05) is 12.0 Å². The number of thioether (sulfide) groups is 1. The topological polar surface area (TPSA) is 80.4 Å². The number of carbonyl (C=O) groups is 2. The minimum Gasteiger partial charge on any atom is -0.481 e. The van der Waals surface area contributed by atoms with Gasteiger partial charge >= 0.3 is 5.97 Å². The van der Waals surface area contributed by atoms with Gasteiger partial charge in [0, 0.05) is 6.42 Å². The Hall–Kier alpha value is -1.40.